The van der Waals surface area contributed by atoms with Crippen LogP contribution in [0.15, 0.2) is 30.6 Å². The van der Waals surface area contributed by atoms with Crippen LogP contribution in [-0.4, -0.2) is 50.7 Å². The highest BCUT2D eigenvalue weighted by Crippen LogP contribution is 2.26. The van der Waals surface area contributed by atoms with Crippen LogP contribution in [0, 0.1) is 11.6 Å². The van der Waals surface area contributed by atoms with Crippen molar-refractivity contribution in [2.45, 2.75) is 19.4 Å². The predicted octanol–water partition coefficient (Wildman–Crippen LogP) is 1.90. The fraction of sp³-hybridized carbons (Fsp3) is 0.375. The summed E-state index contributed by atoms with van der Waals surface area (Å²) >= 11 is 0. The van der Waals surface area contributed by atoms with Gasteiger partial charge in [-0.15, -0.1) is 5.10 Å². The number of halogens is 2. The summed E-state index contributed by atoms with van der Waals surface area (Å²) in [4.78, 5) is 8.51. The summed E-state index contributed by atoms with van der Waals surface area (Å²) in [6.45, 7) is 4.00. The summed E-state index contributed by atoms with van der Waals surface area (Å²) in [6, 6.07) is 3.89. The van der Waals surface area contributed by atoms with E-state index in [2.05, 4.69) is 32.3 Å². The molecule has 2 aromatic heterocycles. The van der Waals surface area contributed by atoms with Crippen molar-refractivity contribution in [3.63, 3.8) is 0 Å². The molecular formula is C16H17F2N7. The van der Waals surface area contributed by atoms with Crippen LogP contribution >= 0.6 is 0 Å². The number of nitrogens with zero attached hydrogens (tertiary/aromatic N) is 7. The summed E-state index contributed by atoms with van der Waals surface area (Å²) in [6.07, 6.45) is 4.16. The van der Waals surface area contributed by atoms with Crippen molar-refractivity contribution < 1.29 is 8.78 Å². The minimum atomic E-state index is -0.568. The molecule has 25 heavy (non-hydrogen) atoms. The molecule has 3 heterocycles. The Kier molecular flexibility index (Phi) is 3.90. The second-order valence-corrected chi connectivity index (χ2v) is 6.11. The van der Waals surface area contributed by atoms with Gasteiger partial charge in [-0.1, -0.05) is 0 Å². The molecule has 9 heteroatoms. The number of hydrogen-bond donors (Lipinski definition) is 0. The first kappa shape index (κ1) is 15.7. The number of aromatic nitrogens is 5. The Balaban J connectivity index is 1.62. The molecule has 130 valence electrons. The molecule has 1 fully saturated rings. The van der Waals surface area contributed by atoms with E-state index in [0.29, 0.717) is 36.8 Å². The highest BCUT2D eigenvalue weighted by molar-refractivity contribution is 5.63. The Bertz CT molecular complexity index is 897. The lowest BCUT2D eigenvalue weighted by atomic mass is 10.2. The molecule has 1 unspecified atom stereocenters. The first-order chi connectivity index (χ1) is 12.1. The van der Waals surface area contributed by atoms with Gasteiger partial charge in [-0.25, -0.2) is 13.8 Å². The van der Waals surface area contributed by atoms with E-state index < -0.39 is 11.6 Å². The van der Waals surface area contributed by atoms with E-state index in [0.717, 1.165) is 12.5 Å². The van der Waals surface area contributed by atoms with Gasteiger partial charge in [0.05, 0.1) is 11.9 Å². The third-order valence-corrected chi connectivity index (χ3v) is 4.58. The van der Waals surface area contributed by atoms with Gasteiger partial charge in [-0.3, -0.25) is 0 Å². The maximum atomic E-state index is 14.1. The van der Waals surface area contributed by atoms with E-state index in [-0.39, 0.29) is 6.04 Å². The molecule has 0 aliphatic carbocycles. The van der Waals surface area contributed by atoms with Crippen LogP contribution in [0.25, 0.3) is 5.65 Å². The molecule has 1 aliphatic heterocycles. The standard InChI is InChI=1S/C16H17F2N7/c1-11-4-6-23(14-3-2-12(17)10-13(14)18)8-9-24(11)15-16-20-21-22-25(16)7-5-19-15/h2-3,5,7,10-11H,4,6,8-9H2,1H3. The molecule has 0 amide bonds. The smallest absolute Gasteiger partial charge is 0.221 e. The van der Waals surface area contributed by atoms with Gasteiger partial charge in [-0.05, 0) is 35.9 Å². The molecule has 7 nitrogen and oxygen atoms in total. The maximum absolute atomic E-state index is 14.1. The summed E-state index contributed by atoms with van der Waals surface area (Å²) in [5.41, 5.74) is 1.02. The minimum Gasteiger partial charge on any atom is -0.367 e. The molecular weight excluding hydrogens is 328 g/mol. The zero-order chi connectivity index (χ0) is 17.4. The van der Waals surface area contributed by atoms with Crippen molar-refractivity contribution in [3.8, 4) is 0 Å². The molecule has 1 aliphatic rings. The van der Waals surface area contributed by atoms with Gasteiger partial charge < -0.3 is 9.80 Å². The van der Waals surface area contributed by atoms with Crippen LogP contribution in [0.5, 0.6) is 0 Å². The Morgan fingerprint density at radius 1 is 1.16 bits per heavy atom. The summed E-state index contributed by atoms with van der Waals surface area (Å²) < 4.78 is 28.9. The molecule has 0 saturated carbocycles. The zero-order valence-corrected chi connectivity index (χ0v) is 13.7. The lowest BCUT2D eigenvalue weighted by Gasteiger charge is -2.27. The van der Waals surface area contributed by atoms with Crippen molar-refractivity contribution in [2.24, 2.45) is 0 Å². The number of anilines is 2. The minimum absolute atomic E-state index is 0.184. The highest BCUT2D eigenvalue weighted by Gasteiger charge is 2.25. The van der Waals surface area contributed by atoms with E-state index in [4.69, 9.17) is 0 Å². The number of benzene rings is 1. The van der Waals surface area contributed by atoms with Gasteiger partial charge in [-0.2, -0.15) is 4.52 Å². The van der Waals surface area contributed by atoms with Gasteiger partial charge >= 0.3 is 0 Å². The van der Waals surface area contributed by atoms with Gasteiger partial charge in [0.15, 0.2) is 5.82 Å². The number of tetrazole rings is 1. The van der Waals surface area contributed by atoms with Crippen LogP contribution in [0.3, 0.4) is 0 Å². The van der Waals surface area contributed by atoms with E-state index in [9.17, 15) is 8.78 Å². The van der Waals surface area contributed by atoms with Crippen molar-refractivity contribution >= 4 is 17.2 Å². The van der Waals surface area contributed by atoms with E-state index in [1.165, 1.54) is 12.1 Å². The van der Waals surface area contributed by atoms with Crippen LogP contribution < -0.4 is 9.80 Å². The largest absolute Gasteiger partial charge is 0.367 e. The monoisotopic (exact) mass is 345 g/mol. The highest BCUT2D eigenvalue weighted by atomic mass is 19.1. The fourth-order valence-electron chi connectivity index (χ4n) is 3.22. The molecule has 0 N–H and O–H groups in total. The lowest BCUT2D eigenvalue weighted by Crippen LogP contribution is -2.36. The Hall–Kier alpha value is -2.84. The molecule has 0 bridgehead atoms. The van der Waals surface area contributed by atoms with Crippen LogP contribution in [0.1, 0.15) is 13.3 Å². The Morgan fingerprint density at radius 3 is 2.88 bits per heavy atom. The van der Waals surface area contributed by atoms with Crippen LogP contribution in [0.4, 0.5) is 20.3 Å². The molecule has 1 atom stereocenters. The summed E-state index contributed by atoms with van der Waals surface area (Å²) in [7, 11) is 0. The number of fused-ring (bicyclic) bond motifs is 1. The summed E-state index contributed by atoms with van der Waals surface area (Å²) in [5.74, 6) is -0.398. The van der Waals surface area contributed by atoms with Crippen molar-refractivity contribution in [1.82, 2.24) is 25.0 Å². The zero-order valence-electron chi connectivity index (χ0n) is 13.7. The third-order valence-electron chi connectivity index (χ3n) is 4.58. The number of hydrogen-bond acceptors (Lipinski definition) is 6. The Morgan fingerprint density at radius 2 is 2.04 bits per heavy atom. The Labute approximate surface area is 142 Å². The molecule has 4 rings (SSSR count). The SMILES string of the molecule is CC1CCN(c2ccc(F)cc2F)CCN1c1nccn2nnnc12. The first-order valence-electron chi connectivity index (χ1n) is 8.13. The second-order valence-electron chi connectivity index (χ2n) is 6.11. The quantitative estimate of drug-likeness (QED) is 0.707. The van der Waals surface area contributed by atoms with E-state index >= 15 is 0 Å². The molecule has 0 radical (unpaired) electrons. The topological polar surface area (TPSA) is 62.5 Å². The normalized spacial score (nSPS) is 18.6. The van der Waals surface area contributed by atoms with Gasteiger partial charge in [0, 0.05) is 37.9 Å². The maximum Gasteiger partial charge on any atom is 0.221 e. The fourth-order valence-corrected chi connectivity index (χ4v) is 3.22. The average molecular weight is 345 g/mol. The molecule has 1 saturated heterocycles. The third kappa shape index (κ3) is 2.86. The molecule has 1 aromatic carbocycles. The van der Waals surface area contributed by atoms with E-state index in [1.807, 2.05) is 4.90 Å². The van der Waals surface area contributed by atoms with E-state index in [1.54, 1.807) is 16.9 Å². The van der Waals surface area contributed by atoms with Gasteiger partial charge in [0.1, 0.15) is 11.6 Å². The average Bonchev–Trinajstić information content (AvgIpc) is 3.00. The summed E-state index contributed by atoms with van der Waals surface area (Å²) in [5, 5.41) is 11.6. The van der Waals surface area contributed by atoms with Crippen LogP contribution in [0.2, 0.25) is 0 Å². The van der Waals surface area contributed by atoms with Crippen molar-refractivity contribution in [1.29, 1.82) is 0 Å². The van der Waals surface area contributed by atoms with Gasteiger partial charge in [0.2, 0.25) is 5.65 Å². The molecule has 0 spiro atoms. The lowest BCUT2D eigenvalue weighted by molar-refractivity contribution is 0.578. The van der Waals surface area contributed by atoms with Gasteiger partial charge in [0.25, 0.3) is 0 Å². The first-order valence-corrected chi connectivity index (χ1v) is 8.13. The van der Waals surface area contributed by atoms with Crippen LogP contribution in [-0.2, 0) is 0 Å². The van der Waals surface area contributed by atoms with Crippen molar-refractivity contribution in [2.75, 3.05) is 29.4 Å². The predicted molar refractivity (Wildman–Crippen MR) is 88.6 cm³/mol. The van der Waals surface area contributed by atoms with Crippen molar-refractivity contribution in [3.05, 3.63) is 42.2 Å². The molecule has 3 aromatic rings. The number of rotatable bonds is 2. The second kappa shape index (κ2) is 6.23.